The summed E-state index contributed by atoms with van der Waals surface area (Å²) in [6, 6.07) is 9.96. The third-order valence-corrected chi connectivity index (χ3v) is 3.36. The van der Waals surface area contributed by atoms with Crippen LogP contribution in [-0.2, 0) is 4.79 Å². The van der Waals surface area contributed by atoms with E-state index >= 15 is 0 Å². The van der Waals surface area contributed by atoms with Crippen LogP contribution in [-0.4, -0.2) is 44.6 Å². The molecule has 0 radical (unpaired) electrons. The summed E-state index contributed by atoms with van der Waals surface area (Å²) in [7, 11) is 3.95. The minimum absolute atomic E-state index is 0.0437. The molecule has 0 saturated carbocycles. The Hall–Kier alpha value is -2.22. The molecule has 0 aliphatic carbocycles. The molecule has 1 amide bonds. The average molecular weight is 273 g/mol. The van der Waals surface area contributed by atoms with Gasteiger partial charge in [-0.05, 0) is 12.1 Å². The lowest BCUT2D eigenvalue weighted by atomic mass is 10.1. The average Bonchev–Trinajstić information content (AvgIpc) is 2.80. The Morgan fingerprint density at radius 1 is 1.50 bits per heavy atom. The van der Waals surface area contributed by atoms with Crippen LogP contribution in [0.4, 0.5) is 5.69 Å². The summed E-state index contributed by atoms with van der Waals surface area (Å²) in [5.74, 6) is 0.668. The molecule has 1 unspecified atom stereocenters. The van der Waals surface area contributed by atoms with Gasteiger partial charge in [-0.3, -0.25) is 4.79 Å². The number of likely N-dealkylation sites (tertiary alicyclic amines) is 1. The number of nitriles is 1. The van der Waals surface area contributed by atoms with E-state index in [0.717, 1.165) is 11.4 Å². The summed E-state index contributed by atoms with van der Waals surface area (Å²) in [5.41, 5.74) is 1.07. The summed E-state index contributed by atoms with van der Waals surface area (Å²) in [6.45, 7) is 1.50. The lowest BCUT2D eigenvalue weighted by Crippen LogP contribution is -2.29. The van der Waals surface area contributed by atoms with Gasteiger partial charge in [-0.15, -0.1) is 0 Å². The molecule has 1 heterocycles. The van der Waals surface area contributed by atoms with Crippen molar-refractivity contribution >= 4 is 11.6 Å². The highest BCUT2D eigenvalue weighted by Gasteiger charge is 2.28. The largest absolute Gasteiger partial charge is 0.492 e. The van der Waals surface area contributed by atoms with Crippen molar-refractivity contribution in [3.8, 4) is 11.8 Å². The van der Waals surface area contributed by atoms with Gasteiger partial charge in [0.15, 0.2) is 0 Å². The summed E-state index contributed by atoms with van der Waals surface area (Å²) in [4.78, 5) is 15.3. The minimum Gasteiger partial charge on any atom is -0.492 e. The molecule has 1 aliphatic heterocycles. The molecule has 1 aromatic carbocycles. The first-order valence-corrected chi connectivity index (χ1v) is 6.67. The number of hydrogen-bond donors (Lipinski definition) is 0. The quantitative estimate of drug-likeness (QED) is 0.816. The molecular weight excluding hydrogens is 254 g/mol. The van der Waals surface area contributed by atoms with E-state index in [9.17, 15) is 4.79 Å². The zero-order chi connectivity index (χ0) is 14.5. The zero-order valence-corrected chi connectivity index (χ0v) is 11.9. The van der Waals surface area contributed by atoms with Gasteiger partial charge in [0.25, 0.3) is 0 Å². The smallest absolute Gasteiger partial charge is 0.224 e. The molecule has 0 spiro atoms. The number of benzene rings is 1. The molecule has 1 aromatic rings. The van der Waals surface area contributed by atoms with Crippen LogP contribution in [0, 0.1) is 17.2 Å². The lowest BCUT2D eigenvalue weighted by Gasteiger charge is -2.17. The second kappa shape index (κ2) is 6.29. The maximum atomic E-state index is 11.6. The first kappa shape index (κ1) is 14.2. The van der Waals surface area contributed by atoms with Crippen LogP contribution in [0.25, 0.3) is 0 Å². The summed E-state index contributed by atoms with van der Waals surface area (Å²) in [6.07, 6.45) is 0.340. The number of rotatable bonds is 5. The van der Waals surface area contributed by atoms with Gasteiger partial charge in [-0.25, -0.2) is 0 Å². The molecule has 20 heavy (non-hydrogen) atoms. The van der Waals surface area contributed by atoms with E-state index in [0.29, 0.717) is 26.1 Å². The summed E-state index contributed by atoms with van der Waals surface area (Å²) >= 11 is 0. The number of hydrogen-bond acceptors (Lipinski definition) is 4. The minimum atomic E-state index is -0.167. The van der Waals surface area contributed by atoms with E-state index < -0.39 is 0 Å². The third-order valence-electron chi connectivity index (χ3n) is 3.36. The maximum Gasteiger partial charge on any atom is 0.224 e. The Labute approximate surface area is 119 Å². The van der Waals surface area contributed by atoms with E-state index in [1.165, 1.54) is 0 Å². The van der Waals surface area contributed by atoms with Crippen LogP contribution in [0.3, 0.4) is 0 Å². The fraction of sp³-hybridized carbons (Fsp3) is 0.467. The molecule has 0 aromatic heterocycles. The monoisotopic (exact) mass is 273 g/mol. The van der Waals surface area contributed by atoms with Crippen molar-refractivity contribution in [3.05, 3.63) is 24.3 Å². The van der Waals surface area contributed by atoms with Crippen molar-refractivity contribution in [1.82, 2.24) is 4.90 Å². The van der Waals surface area contributed by atoms with E-state index in [2.05, 4.69) is 6.07 Å². The van der Waals surface area contributed by atoms with Crippen LogP contribution in [0.2, 0.25) is 0 Å². The molecule has 1 saturated heterocycles. The molecular formula is C15H19N3O2. The van der Waals surface area contributed by atoms with Crippen molar-refractivity contribution < 1.29 is 9.53 Å². The van der Waals surface area contributed by atoms with E-state index in [-0.39, 0.29) is 11.8 Å². The lowest BCUT2D eigenvalue weighted by molar-refractivity contribution is -0.128. The zero-order valence-electron chi connectivity index (χ0n) is 11.9. The van der Waals surface area contributed by atoms with Crippen molar-refractivity contribution in [2.75, 3.05) is 38.7 Å². The van der Waals surface area contributed by atoms with Gasteiger partial charge in [0, 0.05) is 38.8 Å². The topological polar surface area (TPSA) is 56.6 Å². The van der Waals surface area contributed by atoms with E-state index in [1.807, 2.05) is 43.3 Å². The number of amides is 1. The number of ether oxygens (including phenoxy) is 1. The van der Waals surface area contributed by atoms with E-state index in [4.69, 9.17) is 10.00 Å². The number of carbonyl (C=O) groups excluding carboxylic acids is 1. The van der Waals surface area contributed by atoms with Crippen LogP contribution < -0.4 is 9.64 Å². The predicted molar refractivity (Wildman–Crippen MR) is 76.6 cm³/mol. The summed E-state index contributed by atoms with van der Waals surface area (Å²) in [5, 5.41) is 8.82. The molecule has 1 atom stereocenters. The second-order valence-corrected chi connectivity index (χ2v) is 5.11. The molecule has 1 fully saturated rings. The van der Waals surface area contributed by atoms with Gasteiger partial charge in [-0.2, -0.15) is 5.26 Å². The Morgan fingerprint density at radius 3 is 2.95 bits per heavy atom. The Balaban J connectivity index is 1.83. The predicted octanol–water partition coefficient (Wildman–Crippen LogP) is 1.50. The van der Waals surface area contributed by atoms with Gasteiger partial charge in [0.05, 0.1) is 18.5 Å². The first-order valence-electron chi connectivity index (χ1n) is 6.67. The molecule has 1 aliphatic rings. The number of nitrogens with zero attached hydrogens (tertiary/aromatic N) is 3. The highest BCUT2D eigenvalue weighted by Crippen LogP contribution is 2.20. The maximum absolute atomic E-state index is 11.6. The van der Waals surface area contributed by atoms with Gasteiger partial charge >= 0.3 is 0 Å². The number of carbonyl (C=O) groups is 1. The van der Waals surface area contributed by atoms with Gasteiger partial charge in [0.1, 0.15) is 12.4 Å². The molecule has 106 valence electrons. The van der Waals surface area contributed by atoms with Crippen LogP contribution in [0.5, 0.6) is 5.75 Å². The number of anilines is 1. The van der Waals surface area contributed by atoms with Crippen LogP contribution in [0.15, 0.2) is 24.3 Å². The SMILES string of the molecule is CN(C)c1cccc(OCCN2CC(C#N)CC2=O)c1. The standard InChI is InChI=1S/C15H19N3O2/c1-17(2)13-4-3-5-14(9-13)20-7-6-18-11-12(10-16)8-15(18)19/h3-5,9,12H,6-8,11H2,1-2H3. The Bertz CT molecular complexity index is 522. The highest BCUT2D eigenvalue weighted by molar-refractivity contribution is 5.79. The van der Waals surface area contributed by atoms with Gasteiger partial charge in [0.2, 0.25) is 5.91 Å². The molecule has 5 nitrogen and oxygen atoms in total. The van der Waals surface area contributed by atoms with Crippen molar-refractivity contribution in [2.45, 2.75) is 6.42 Å². The summed E-state index contributed by atoms with van der Waals surface area (Å²) < 4.78 is 5.67. The Morgan fingerprint density at radius 2 is 2.30 bits per heavy atom. The van der Waals surface area contributed by atoms with Gasteiger partial charge < -0.3 is 14.5 Å². The fourth-order valence-corrected chi connectivity index (χ4v) is 2.20. The Kier molecular flexibility index (Phi) is 4.46. The van der Waals surface area contributed by atoms with Crippen molar-refractivity contribution in [1.29, 1.82) is 5.26 Å². The van der Waals surface area contributed by atoms with Crippen molar-refractivity contribution in [2.24, 2.45) is 5.92 Å². The second-order valence-electron chi connectivity index (χ2n) is 5.11. The molecule has 2 rings (SSSR count). The van der Waals surface area contributed by atoms with Crippen LogP contribution >= 0.6 is 0 Å². The van der Waals surface area contributed by atoms with E-state index in [1.54, 1.807) is 4.90 Å². The first-order chi connectivity index (χ1) is 9.60. The molecule has 5 heteroatoms. The van der Waals surface area contributed by atoms with Gasteiger partial charge in [-0.1, -0.05) is 6.07 Å². The third kappa shape index (κ3) is 3.41. The van der Waals surface area contributed by atoms with Crippen molar-refractivity contribution in [3.63, 3.8) is 0 Å². The molecule has 0 N–H and O–H groups in total. The normalized spacial score (nSPS) is 17.9. The highest BCUT2D eigenvalue weighted by atomic mass is 16.5. The molecule has 0 bridgehead atoms. The van der Waals surface area contributed by atoms with Crippen LogP contribution in [0.1, 0.15) is 6.42 Å². The fourth-order valence-electron chi connectivity index (χ4n) is 2.20.